The van der Waals surface area contributed by atoms with Crippen LogP contribution in [-0.4, -0.2) is 11.9 Å². The number of fused-ring (bicyclic) bond motifs is 3. The van der Waals surface area contributed by atoms with E-state index in [2.05, 4.69) is 21.2 Å². The highest BCUT2D eigenvalue weighted by molar-refractivity contribution is 9.10. The fraction of sp³-hybridized carbons (Fsp3) is 0.125. The Hall–Kier alpha value is -2.14. The van der Waals surface area contributed by atoms with Gasteiger partial charge in [-0.2, -0.15) is 0 Å². The molecule has 5 heteroatoms. The molecule has 0 aromatic heterocycles. The molecule has 2 aromatic carbocycles. The monoisotopic (exact) mass is 343 g/mol. The predicted molar refractivity (Wildman–Crippen MR) is 80.0 cm³/mol. The number of amides is 1. The van der Waals surface area contributed by atoms with E-state index in [0.717, 1.165) is 5.56 Å². The molecule has 4 rings (SSSR count). The number of carbonyl (C=O) groups excluding carboxylic acids is 2. The van der Waals surface area contributed by atoms with Crippen molar-refractivity contribution in [3.63, 3.8) is 0 Å². The lowest BCUT2D eigenvalue weighted by Gasteiger charge is -2.32. The number of carbonyl (C=O) groups is 2. The molecule has 0 aliphatic carbocycles. The van der Waals surface area contributed by atoms with Gasteiger partial charge in [-0.15, -0.1) is 0 Å². The maximum Gasteiger partial charge on any atom is 0.340 e. The highest BCUT2D eigenvalue weighted by Crippen LogP contribution is 2.45. The molecule has 1 amide bonds. The van der Waals surface area contributed by atoms with E-state index in [0.29, 0.717) is 27.7 Å². The van der Waals surface area contributed by atoms with Crippen LogP contribution in [0.2, 0.25) is 0 Å². The molecule has 0 saturated carbocycles. The van der Waals surface area contributed by atoms with E-state index in [1.807, 2.05) is 36.4 Å². The van der Waals surface area contributed by atoms with Crippen molar-refractivity contribution in [2.75, 3.05) is 5.32 Å². The second-order valence-electron chi connectivity index (χ2n) is 5.17. The highest BCUT2D eigenvalue weighted by Gasteiger charge is 2.53. The first kappa shape index (κ1) is 12.6. The second-order valence-corrected chi connectivity index (χ2v) is 6.02. The minimum absolute atomic E-state index is 0.289. The summed E-state index contributed by atoms with van der Waals surface area (Å²) in [6.07, 6.45) is 0.344. The number of para-hydroxylation sites is 1. The third kappa shape index (κ3) is 1.61. The molecule has 2 heterocycles. The molecule has 2 aliphatic rings. The van der Waals surface area contributed by atoms with Crippen molar-refractivity contribution in [2.24, 2.45) is 0 Å². The Morgan fingerprint density at radius 1 is 1.10 bits per heavy atom. The van der Waals surface area contributed by atoms with Gasteiger partial charge in [-0.1, -0.05) is 30.3 Å². The lowest BCUT2D eigenvalue weighted by molar-refractivity contribution is -0.135. The summed E-state index contributed by atoms with van der Waals surface area (Å²) >= 11 is 3.36. The van der Waals surface area contributed by atoms with Gasteiger partial charge in [-0.3, -0.25) is 4.79 Å². The smallest absolute Gasteiger partial charge is 0.340 e. The molecule has 0 fully saturated rings. The van der Waals surface area contributed by atoms with Gasteiger partial charge in [0.25, 0.3) is 5.91 Å². The number of anilines is 1. The van der Waals surface area contributed by atoms with Gasteiger partial charge in [0.1, 0.15) is 0 Å². The van der Waals surface area contributed by atoms with E-state index < -0.39 is 11.6 Å². The first-order chi connectivity index (χ1) is 10.1. The SMILES string of the molecule is O=C1O[C@]2(Cc3cccc(Br)c31)C(=O)Nc1ccccc12. The van der Waals surface area contributed by atoms with E-state index >= 15 is 0 Å². The number of benzene rings is 2. The minimum atomic E-state index is -1.25. The highest BCUT2D eigenvalue weighted by atomic mass is 79.9. The Balaban J connectivity index is 1.93. The van der Waals surface area contributed by atoms with Crippen molar-refractivity contribution in [3.05, 3.63) is 63.6 Å². The molecule has 104 valence electrons. The van der Waals surface area contributed by atoms with Crippen molar-refractivity contribution in [3.8, 4) is 0 Å². The van der Waals surface area contributed by atoms with Gasteiger partial charge in [0.15, 0.2) is 0 Å². The minimum Gasteiger partial charge on any atom is -0.440 e. The van der Waals surface area contributed by atoms with E-state index in [1.165, 1.54) is 0 Å². The van der Waals surface area contributed by atoms with Crippen LogP contribution in [-0.2, 0) is 21.6 Å². The van der Waals surface area contributed by atoms with Crippen LogP contribution >= 0.6 is 15.9 Å². The molecular formula is C16H10BrNO3. The molecule has 0 radical (unpaired) electrons. The third-order valence-electron chi connectivity index (χ3n) is 3.99. The number of hydrogen-bond acceptors (Lipinski definition) is 3. The molecule has 1 atom stereocenters. The summed E-state index contributed by atoms with van der Waals surface area (Å²) in [7, 11) is 0. The fourth-order valence-electron chi connectivity index (χ4n) is 3.02. The fourth-order valence-corrected chi connectivity index (χ4v) is 3.59. The largest absolute Gasteiger partial charge is 0.440 e. The van der Waals surface area contributed by atoms with Gasteiger partial charge in [0.05, 0.1) is 5.56 Å². The first-order valence-corrected chi connectivity index (χ1v) is 7.33. The van der Waals surface area contributed by atoms with Crippen LogP contribution < -0.4 is 5.32 Å². The molecule has 2 aliphatic heterocycles. The van der Waals surface area contributed by atoms with Gasteiger partial charge in [0, 0.05) is 22.1 Å². The van der Waals surface area contributed by atoms with Crippen LogP contribution in [0.5, 0.6) is 0 Å². The van der Waals surface area contributed by atoms with Crippen LogP contribution in [0, 0.1) is 0 Å². The van der Waals surface area contributed by atoms with Gasteiger partial charge >= 0.3 is 5.97 Å². The second kappa shape index (κ2) is 4.18. The predicted octanol–water partition coefficient (Wildman–Crippen LogP) is 3.01. The van der Waals surface area contributed by atoms with Crippen LogP contribution in [0.4, 0.5) is 5.69 Å². The Bertz CT molecular complexity index is 802. The van der Waals surface area contributed by atoms with Gasteiger partial charge < -0.3 is 10.1 Å². The molecular weight excluding hydrogens is 334 g/mol. The normalized spacial score (nSPS) is 22.5. The summed E-state index contributed by atoms with van der Waals surface area (Å²) in [5, 5.41) is 2.80. The number of ether oxygens (including phenoxy) is 1. The average Bonchev–Trinajstić information content (AvgIpc) is 2.71. The molecule has 0 unspecified atom stereocenters. The van der Waals surface area contributed by atoms with Crippen molar-refractivity contribution >= 4 is 33.5 Å². The topological polar surface area (TPSA) is 55.4 Å². The third-order valence-corrected chi connectivity index (χ3v) is 4.65. The zero-order chi connectivity index (χ0) is 14.6. The van der Waals surface area contributed by atoms with Crippen LogP contribution in [0.15, 0.2) is 46.9 Å². The number of rotatable bonds is 0. The number of nitrogens with one attached hydrogen (secondary N) is 1. The molecule has 1 N–H and O–H groups in total. The van der Waals surface area contributed by atoms with Crippen molar-refractivity contribution in [1.82, 2.24) is 0 Å². The summed E-state index contributed by atoms with van der Waals surface area (Å²) < 4.78 is 6.29. The van der Waals surface area contributed by atoms with E-state index in [1.54, 1.807) is 6.07 Å². The number of hydrogen-bond donors (Lipinski definition) is 1. The first-order valence-electron chi connectivity index (χ1n) is 6.53. The lowest BCUT2D eigenvalue weighted by atomic mass is 9.84. The summed E-state index contributed by atoms with van der Waals surface area (Å²) in [6.45, 7) is 0. The average molecular weight is 344 g/mol. The maximum absolute atomic E-state index is 12.4. The van der Waals surface area contributed by atoms with Crippen LogP contribution in [0.25, 0.3) is 0 Å². The Morgan fingerprint density at radius 2 is 1.90 bits per heavy atom. The summed E-state index contributed by atoms with van der Waals surface area (Å²) in [5.74, 6) is -0.766. The van der Waals surface area contributed by atoms with Crippen molar-refractivity contribution in [2.45, 2.75) is 12.0 Å². The van der Waals surface area contributed by atoms with E-state index in [-0.39, 0.29) is 5.91 Å². The molecule has 4 nitrogen and oxygen atoms in total. The Kier molecular flexibility index (Phi) is 2.50. The lowest BCUT2D eigenvalue weighted by Crippen LogP contribution is -2.44. The number of esters is 1. The van der Waals surface area contributed by atoms with Gasteiger partial charge in [-0.25, -0.2) is 4.79 Å². The van der Waals surface area contributed by atoms with Gasteiger partial charge in [-0.05, 0) is 33.6 Å². The van der Waals surface area contributed by atoms with Crippen LogP contribution in [0.3, 0.4) is 0 Å². The quantitative estimate of drug-likeness (QED) is 0.748. The summed E-state index contributed by atoms with van der Waals surface area (Å²) in [6, 6.07) is 12.8. The summed E-state index contributed by atoms with van der Waals surface area (Å²) in [5.41, 5.74) is 1.48. The van der Waals surface area contributed by atoms with Crippen molar-refractivity contribution in [1.29, 1.82) is 0 Å². The molecule has 2 aromatic rings. The van der Waals surface area contributed by atoms with Crippen LogP contribution in [0.1, 0.15) is 21.5 Å². The standard InChI is InChI=1S/C16H10BrNO3/c17-11-6-3-4-9-8-16(21-14(19)13(9)11)10-5-1-2-7-12(10)18-15(16)20/h1-7H,8H2,(H,18,20)/t16-/m0/s1. The zero-order valence-electron chi connectivity index (χ0n) is 10.9. The Labute approximate surface area is 129 Å². The molecule has 0 bridgehead atoms. The number of halogens is 1. The maximum atomic E-state index is 12.4. The molecule has 1 spiro atoms. The zero-order valence-corrected chi connectivity index (χ0v) is 12.4. The van der Waals surface area contributed by atoms with Crippen molar-refractivity contribution < 1.29 is 14.3 Å². The molecule has 21 heavy (non-hydrogen) atoms. The Morgan fingerprint density at radius 3 is 2.76 bits per heavy atom. The van der Waals surface area contributed by atoms with E-state index in [4.69, 9.17) is 4.74 Å². The molecule has 0 saturated heterocycles. The van der Waals surface area contributed by atoms with E-state index in [9.17, 15) is 9.59 Å². The summed E-state index contributed by atoms with van der Waals surface area (Å²) in [4.78, 5) is 24.8. The van der Waals surface area contributed by atoms with Gasteiger partial charge in [0.2, 0.25) is 5.60 Å².